The highest BCUT2D eigenvalue weighted by Gasteiger charge is 1.93. The number of hydrogen-bond acceptors (Lipinski definition) is 5. The third-order valence-electron chi connectivity index (χ3n) is 1.64. The molecule has 0 atom stereocenters. The molecule has 7 heteroatoms. The first-order chi connectivity index (χ1) is 7.22. The number of nitrogens with zero attached hydrogens (tertiary/aromatic N) is 2. The SMILES string of the molecule is O=S=NCc1cccc(CN=[S-](=O)F)c1. The predicted octanol–water partition coefficient (Wildman–Crippen LogP) is 2.12. The molecule has 0 spiro atoms. The third-order valence-corrected chi connectivity index (χ3v) is 2.21. The monoisotopic (exact) mass is 247 g/mol. The topological polar surface area (TPSA) is 58.9 Å². The summed E-state index contributed by atoms with van der Waals surface area (Å²) in [6.07, 6.45) is 0. The van der Waals surface area contributed by atoms with E-state index in [4.69, 9.17) is 0 Å². The lowest BCUT2D eigenvalue weighted by Gasteiger charge is -2.01. The summed E-state index contributed by atoms with van der Waals surface area (Å²) < 4.78 is 38.9. The molecule has 0 saturated carbocycles. The summed E-state index contributed by atoms with van der Waals surface area (Å²) >= 11 is 0.164. The van der Waals surface area contributed by atoms with Gasteiger partial charge in [0.25, 0.3) is 0 Å². The summed E-state index contributed by atoms with van der Waals surface area (Å²) in [5.41, 5.74) is 1.58. The van der Waals surface area contributed by atoms with Crippen LogP contribution in [0.5, 0.6) is 0 Å². The fourth-order valence-corrected chi connectivity index (χ4v) is 1.50. The zero-order valence-electron chi connectivity index (χ0n) is 7.63. The molecule has 0 heterocycles. The maximum atomic E-state index is 11.9. The first-order valence-electron chi connectivity index (χ1n) is 4.01. The van der Waals surface area contributed by atoms with E-state index in [9.17, 15) is 12.3 Å². The molecule has 0 fully saturated rings. The Morgan fingerprint density at radius 3 is 2.60 bits per heavy atom. The van der Waals surface area contributed by atoms with Gasteiger partial charge in [0.15, 0.2) is 11.5 Å². The van der Waals surface area contributed by atoms with Crippen molar-refractivity contribution >= 4 is 22.4 Å². The molecule has 0 bridgehead atoms. The smallest absolute Gasteiger partial charge is 0.199 e. The van der Waals surface area contributed by atoms with Gasteiger partial charge in [0.2, 0.25) is 0 Å². The van der Waals surface area contributed by atoms with Crippen LogP contribution in [0, 0.1) is 0 Å². The third kappa shape index (κ3) is 4.80. The minimum atomic E-state index is -2.63. The molecule has 0 aromatic heterocycles. The Kier molecular flexibility index (Phi) is 5.13. The minimum absolute atomic E-state index is 0.0570. The van der Waals surface area contributed by atoms with Crippen LogP contribution in [0.15, 0.2) is 33.0 Å². The average Bonchev–Trinajstić information content (AvgIpc) is 2.24. The largest absolute Gasteiger partial charge is 0.413 e. The van der Waals surface area contributed by atoms with Crippen molar-refractivity contribution in [2.75, 3.05) is 0 Å². The van der Waals surface area contributed by atoms with Crippen LogP contribution in [0.2, 0.25) is 0 Å². The van der Waals surface area contributed by atoms with Gasteiger partial charge in [-0.15, -0.1) is 0 Å². The van der Waals surface area contributed by atoms with Crippen LogP contribution in [-0.4, -0.2) is 4.21 Å². The molecule has 0 saturated heterocycles. The van der Waals surface area contributed by atoms with Crippen LogP contribution in [0.4, 0.5) is 3.89 Å². The van der Waals surface area contributed by atoms with Crippen LogP contribution in [-0.2, 0) is 39.7 Å². The Balaban J connectivity index is 2.78. The molecule has 4 nitrogen and oxygen atoms in total. The molecular weight excluding hydrogens is 239 g/mol. The maximum Gasteiger partial charge on any atom is 0.199 e. The highest BCUT2D eigenvalue weighted by Crippen LogP contribution is 2.07. The quantitative estimate of drug-likeness (QED) is 0.604. The van der Waals surface area contributed by atoms with Gasteiger partial charge in [0, 0.05) is 6.54 Å². The molecule has 0 amide bonds. The molecule has 15 heavy (non-hydrogen) atoms. The van der Waals surface area contributed by atoms with Crippen molar-refractivity contribution in [1.82, 2.24) is 0 Å². The molecule has 0 aliphatic rings. The maximum absolute atomic E-state index is 11.9. The lowest BCUT2D eigenvalue weighted by molar-refractivity contribution is 0.576. The van der Waals surface area contributed by atoms with E-state index in [-0.39, 0.29) is 18.0 Å². The van der Waals surface area contributed by atoms with E-state index in [0.717, 1.165) is 11.1 Å². The van der Waals surface area contributed by atoms with Gasteiger partial charge in [0.1, 0.15) is 0 Å². The molecule has 82 valence electrons. The summed E-state index contributed by atoms with van der Waals surface area (Å²) in [6.45, 7) is 0.363. The van der Waals surface area contributed by atoms with Crippen molar-refractivity contribution in [3.63, 3.8) is 0 Å². The van der Waals surface area contributed by atoms with Gasteiger partial charge in [-0.25, -0.2) is 0 Å². The number of rotatable bonds is 4. The predicted molar refractivity (Wildman–Crippen MR) is 56.0 cm³/mol. The van der Waals surface area contributed by atoms with Crippen LogP contribution < -0.4 is 0 Å². The van der Waals surface area contributed by atoms with E-state index in [2.05, 4.69) is 8.73 Å². The first kappa shape index (κ1) is 12.0. The van der Waals surface area contributed by atoms with Crippen LogP contribution in [0.25, 0.3) is 0 Å². The lowest BCUT2D eigenvalue weighted by atomic mass is 10.1. The molecule has 0 unspecified atom stereocenters. The Morgan fingerprint density at radius 2 is 2.00 bits per heavy atom. The lowest BCUT2D eigenvalue weighted by Crippen LogP contribution is -1.85. The van der Waals surface area contributed by atoms with Gasteiger partial charge < -0.3 is 12.5 Å². The standard InChI is InChI=1S/C8H8FN2O2S2/c9-15(13)11-6-8-3-1-2-7(4-8)5-10-14-12/h1-4H,5-6H2/q-1. The van der Waals surface area contributed by atoms with Gasteiger partial charge in [0.05, 0.1) is 6.54 Å². The Hall–Kier alpha value is -1.08. The second-order valence-corrected chi connectivity index (χ2v) is 3.75. The van der Waals surface area contributed by atoms with Crippen molar-refractivity contribution in [2.45, 2.75) is 13.1 Å². The Labute approximate surface area is 92.3 Å². The van der Waals surface area contributed by atoms with Gasteiger partial charge in [-0.3, -0.25) is 0 Å². The zero-order valence-corrected chi connectivity index (χ0v) is 9.26. The zero-order chi connectivity index (χ0) is 11.1. The number of benzene rings is 1. The Bertz CT molecular complexity index is 465. The molecule has 0 radical (unpaired) electrons. The van der Waals surface area contributed by atoms with Crippen LogP contribution in [0.3, 0.4) is 0 Å². The van der Waals surface area contributed by atoms with Gasteiger partial charge in [-0.2, -0.15) is 8.57 Å². The van der Waals surface area contributed by atoms with E-state index < -0.39 is 11.0 Å². The second kappa shape index (κ2) is 6.41. The van der Waals surface area contributed by atoms with Gasteiger partial charge in [-0.05, 0) is 22.1 Å². The second-order valence-electron chi connectivity index (χ2n) is 2.68. The fraction of sp³-hybridized carbons (Fsp3) is 0.250. The highest BCUT2D eigenvalue weighted by molar-refractivity contribution is 7.69. The summed E-state index contributed by atoms with van der Waals surface area (Å²) in [4.78, 5) is 0. The van der Waals surface area contributed by atoms with Crippen LogP contribution >= 0.6 is 0 Å². The normalized spacial score (nSPS) is 12.3. The summed E-state index contributed by atoms with van der Waals surface area (Å²) in [6, 6.07) is 7.04. The van der Waals surface area contributed by atoms with Gasteiger partial charge >= 0.3 is 0 Å². The van der Waals surface area contributed by atoms with Gasteiger partial charge in [-0.1, -0.05) is 24.3 Å². The van der Waals surface area contributed by atoms with E-state index >= 15 is 0 Å². The first-order valence-corrected chi connectivity index (χ1v) is 5.72. The molecule has 1 aromatic rings. The van der Waals surface area contributed by atoms with E-state index in [1.807, 2.05) is 0 Å². The molecule has 0 aliphatic carbocycles. The Morgan fingerprint density at radius 1 is 1.33 bits per heavy atom. The summed E-state index contributed by atoms with van der Waals surface area (Å²) in [5.74, 6) is 0. The highest BCUT2D eigenvalue weighted by atomic mass is 32.2. The molecule has 1 rings (SSSR count). The molecule has 1 aromatic carbocycles. The molecule has 0 N–H and O–H groups in total. The van der Waals surface area contributed by atoms with E-state index in [1.54, 1.807) is 24.3 Å². The van der Waals surface area contributed by atoms with Crippen molar-refractivity contribution in [1.29, 1.82) is 0 Å². The van der Waals surface area contributed by atoms with Crippen molar-refractivity contribution in [3.8, 4) is 0 Å². The van der Waals surface area contributed by atoms with Crippen LogP contribution in [0.1, 0.15) is 11.1 Å². The molecule has 0 aliphatic heterocycles. The number of hydrogen-bond donors (Lipinski definition) is 0. The number of halogens is 1. The fourth-order valence-electron chi connectivity index (χ4n) is 1.05. The van der Waals surface area contributed by atoms with E-state index in [1.165, 1.54) is 0 Å². The van der Waals surface area contributed by atoms with E-state index in [0.29, 0.717) is 6.54 Å². The summed E-state index contributed by atoms with van der Waals surface area (Å²) in [7, 11) is -2.63. The van der Waals surface area contributed by atoms with Crippen molar-refractivity contribution in [3.05, 3.63) is 35.4 Å². The molecular formula is C8H8FN2O2S2-. The van der Waals surface area contributed by atoms with Crippen molar-refractivity contribution in [2.24, 2.45) is 8.73 Å². The summed E-state index contributed by atoms with van der Waals surface area (Å²) in [5, 5.41) is 0. The minimum Gasteiger partial charge on any atom is -0.413 e. The van der Waals surface area contributed by atoms with Crippen molar-refractivity contribution < 1.29 is 12.3 Å². The average molecular weight is 247 g/mol.